The van der Waals surface area contributed by atoms with Crippen molar-refractivity contribution in [3.05, 3.63) is 103 Å². The number of amides is 1. The Kier molecular flexibility index (Phi) is 6.24. The highest BCUT2D eigenvalue weighted by Gasteiger charge is 2.47. The normalized spacial score (nSPS) is 17.8. The van der Waals surface area contributed by atoms with Crippen LogP contribution in [-0.4, -0.2) is 16.8 Å². The number of aliphatic hydroxyl groups excluding tert-OH is 1. The lowest BCUT2D eigenvalue weighted by Gasteiger charge is -2.26. The average Bonchev–Trinajstić information content (AvgIpc) is 3.03. The van der Waals surface area contributed by atoms with Crippen molar-refractivity contribution in [3.8, 4) is 0 Å². The van der Waals surface area contributed by atoms with Crippen molar-refractivity contribution < 1.29 is 14.7 Å². The van der Waals surface area contributed by atoms with Gasteiger partial charge in [0.25, 0.3) is 11.7 Å². The number of rotatable bonds is 3. The molecule has 1 atom stereocenters. The number of nitrogens with zero attached hydrogens (tertiary/aromatic N) is 1. The molecule has 4 rings (SSSR count). The zero-order chi connectivity index (χ0) is 23.2. The van der Waals surface area contributed by atoms with E-state index in [0.717, 1.165) is 5.56 Å². The molecule has 0 bridgehead atoms. The van der Waals surface area contributed by atoms with Gasteiger partial charge in [-0.05, 0) is 60.5 Å². The lowest BCUT2D eigenvalue weighted by Crippen LogP contribution is -2.29. The summed E-state index contributed by atoms with van der Waals surface area (Å²) < 4.78 is 0. The van der Waals surface area contributed by atoms with Crippen LogP contribution in [0.15, 0.2) is 66.2 Å². The number of ketones is 1. The number of carbonyl (C=O) groups is 2. The summed E-state index contributed by atoms with van der Waals surface area (Å²) in [6, 6.07) is 15.3. The Morgan fingerprint density at radius 2 is 1.53 bits per heavy atom. The van der Waals surface area contributed by atoms with Crippen LogP contribution in [-0.2, 0) is 9.59 Å². The van der Waals surface area contributed by atoms with Crippen LogP contribution in [0.3, 0.4) is 0 Å². The summed E-state index contributed by atoms with van der Waals surface area (Å²) in [5.41, 5.74) is 2.03. The summed E-state index contributed by atoms with van der Waals surface area (Å²) >= 11 is 24.4. The minimum absolute atomic E-state index is 0.0765. The molecule has 1 aliphatic rings. The van der Waals surface area contributed by atoms with Crippen LogP contribution >= 0.6 is 46.4 Å². The SMILES string of the molecule is Cc1ccc(N2C(=O)C(=O)/C(=C(/O)c3ccc(Cl)c(Cl)c3)C2c2ccc(Cl)cc2)cc1Cl. The molecule has 0 saturated carbocycles. The van der Waals surface area contributed by atoms with Gasteiger partial charge in [0.15, 0.2) is 0 Å². The van der Waals surface area contributed by atoms with Crippen molar-refractivity contribution in [2.75, 3.05) is 4.90 Å². The minimum atomic E-state index is -0.902. The van der Waals surface area contributed by atoms with E-state index in [1.165, 1.54) is 23.1 Å². The third kappa shape index (κ3) is 4.00. The van der Waals surface area contributed by atoms with Crippen LogP contribution in [0.25, 0.3) is 5.76 Å². The van der Waals surface area contributed by atoms with E-state index >= 15 is 0 Å². The second kappa shape index (κ2) is 8.80. The average molecular weight is 507 g/mol. The summed E-state index contributed by atoms with van der Waals surface area (Å²) in [5.74, 6) is -1.97. The van der Waals surface area contributed by atoms with Gasteiger partial charge in [0, 0.05) is 21.3 Å². The Morgan fingerprint density at radius 3 is 2.16 bits per heavy atom. The first-order valence-electron chi connectivity index (χ1n) is 9.47. The highest BCUT2D eigenvalue weighted by atomic mass is 35.5. The molecule has 1 heterocycles. The second-order valence-electron chi connectivity index (χ2n) is 7.28. The minimum Gasteiger partial charge on any atom is -0.507 e. The van der Waals surface area contributed by atoms with Gasteiger partial charge in [-0.2, -0.15) is 0 Å². The third-order valence-corrected chi connectivity index (χ3v) is 6.65. The molecule has 32 heavy (non-hydrogen) atoms. The Morgan fingerprint density at radius 1 is 0.844 bits per heavy atom. The van der Waals surface area contributed by atoms with Gasteiger partial charge in [-0.25, -0.2) is 0 Å². The maximum Gasteiger partial charge on any atom is 0.300 e. The highest BCUT2D eigenvalue weighted by Crippen LogP contribution is 2.43. The topological polar surface area (TPSA) is 57.6 Å². The predicted octanol–water partition coefficient (Wildman–Crippen LogP) is 7.23. The van der Waals surface area contributed by atoms with Crippen LogP contribution in [0, 0.1) is 6.92 Å². The zero-order valence-electron chi connectivity index (χ0n) is 16.6. The summed E-state index contributed by atoms with van der Waals surface area (Å²) in [5, 5.41) is 12.5. The van der Waals surface area contributed by atoms with Gasteiger partial charge in [0.05, 0.1) is 21.7 Å². The number of hydrogen-bond acceptors (Lipinski definition) is 3. The van der Waals surface area contributed by atoms with Crippen LogP contribution in [0.5, 0.6) is 0 Å². The number of carbonyl (C=O) groups excluding carboxylic acids is 2. The molecule has 0 aliphatic carbocycles. The standard InChI is InChI=1S/C24H15Cl4NO3/c1-12-2-8-16(11-18(12)27)29-21(13-3-6-15(25)7-4-13)20(23(31)24(29)32)22(30)14-5-9-17(26)19(28)10-14/h2-11,21,30H,1H3/b22-20+. The number of Topliss-reactive ketones (excluding diaryl/α,β-unsaturated/α-hetero) is 1. The predicted molar refractivity (Wildman–Crippen MR) is 129 cm³/mol. The van der Waals surface area contributed by atoms with E-state index in [4.69, 9.17) is 46.4 Å². The molecular formula is C24H15Cl4NO3. The van der Waals surface area contributed by atoms with Crippen molar-refractivity contribution in [1.82, 2.24) is 0 Å². The molecule has 1 unspecified atom stereocenters. The number of halogens is 4. The molecule has 3 aromatic carbocycles. The van der Waals surface area contributed by atoms with E-state index in [-0.39, 0.29) is 21.9 Å². The molecule has 1 fully saturated rings. The molecule has 3 aromatic rings. The Labute approximate surface area is 204 Å². The van der Waals surface area contributed by atoms with Gasteiger partial charge < -0.3 is 5.11 Å². The maximum atomic E-state index is 13.1. The molecule has 162 valence electrons. The van der Waals surface area contributed by atoms with Crippen LogP contribution in [0.1, 0.15) is 22.7 Å². The largest absolute Gasteiger partial charge is 0.507 e. The van der Waals surface area contributed by atoms with Gasteiger partial charge >= 0.3 is 0 Å². The first-order valence-corrected chi connectivity index (χ1v) is 11.0. The quantitative estimate of drug-likeness (QED) is 0.231. The van der Waals surface area contributed by atoms with Crippen molar-refractivity contribution in [2.24, 2.45) is 0 Å². The molecule has 1 N–H and O–H groups in total. The Bertz CT molecular complexity index is 1280. The van der Waals surface area contributed by atoms with Crippen molar-refractivity contribution in [2.45, 2.75) is 13.0 Å². The number of hydrogen-bond donors (Lipinski definition) is 1. The fraction of sp³-hybridized carbons (Fsp3) is 0.0833. The van der Waals surface area contributed by atoms with Crippen molar-refractivity contribution in [3.63, 3.8) is 0 Å². The van der Waals surface area contributed by atoms with E-state index in [0.29, 0.717) is 26.3 Å². The highest BCUT2D eigenvalue weighted by molar-refractivity contribution is 6.52. The van der Waals surface area contributed by atoms with Gasteiger partial charge in [-0.1, -0.05) is 64.6 Å². The molecule has 0 aromatic heterocycles. The van der Waals surface area contributed by atoms with E-state index in [2.05, 4.69) is 0 Å². The second-order valence-corrected chi connectivity index (χ2v) is 8.94. The molecule has 1 saturated heterocycles. The lowest BCUT2D eigenvalue weighted by molar-refractivity contribution is -0.132. The smallest absolute Gasteiger partial charge is 0.300 e. The van der Waals surface area contributed by atoms with Crippen LogP contribution in [0.4, 0.5) is 5.69 Å². The molecule has 8 heteroatoms. The summed E-state index contributed by atoms with van der Waals surface area (Å²) in [6.45, 7) is 1.83. The Balaban J connectivity index is 1.96. The number of aryl methyl sites for hydroxylation is 1. The van der Waals surface area contributed by atoms with E-state index in [9.17, 15) is 14.7 Å². The van der Waals surface area contributed by atoms with Crippen LogP contribution < -0.4 is 4.90 Å². The van der Waals surface area contributed by atoms with E-state index in [1.807, 2.05) is 6.92 Å². The molecule has 0 spiro atoms. The number of aliphatic hydroxyl groups is 1. The number of benzene rings is 3. The molecule has 4 nitrogen and oxygen atoms in total. The number of anilines is 1. The summed E-state index contributed by atoms with van der Waals surface area (Å²) in [7, 11) is 0. The maximum absolute atomic E-state index is 13.1. The van der Waals surface area contributed by atoms with E-state index in [1.54, 1.807) is 42.5 Å². The molecule has 0 radical (unpaired) electrons. The van der Waals surface area contributed by atoms with Crippen LogP contribution in [0.2, 0.25) is 20.1 Å². The molecule has 1 amide bonds. The summed E-state index contributed by atoms with van der Waals surface area (Å²) in [6.07, 6.45) is 0. The monoisotopic (exact) mass is 505 g/mol. The zero-order valence-corrected chi connectivity index (χ0v) is 19.6. The first-order chi connectivity index (χ1) is 15.2. The van der Waals surface area contributed by atoms with Gasteiger partial charge in [0.2, 0.25) is 0 Å². The fourth-order valence-corrected chi connectivity index (χ4v) is 4.19. The fourth-order valence-electron chi connectivity index (χ4n) is 3.59. The third-order valence-electron chi connectivity index (χ3n) is 5.26. The van der Waals surface area contributed by atoms with Crippen molar-refractivity contribution >= 4 is 69.5 Å². The first kappa shape index (κ1) is 22.7. The van der Waals surface area contributed by atoms with Gasteiger partial charge in [-0.3, -0.25) is 14.5 Å². The van der Waals surface area contributed by atoms with Crippen molar-refractivity contribution in [1.29, 1.82) is 0 Å². The van der Waals surface area contributed by atoms with Gasteiger partial charge in [-0.15, -0.1) is 0 Å². The summed E-state index contributed by atoms with van der Waals surface area (Å²) in [4.78, 5) is 27.6. The Hall–Kier alpha value is -2.50. The lowest BCUT2D eigenvalue weighted by atomic mass is 9.95. The van der Waals surface area contributed by atoms with Gasteiger partial charge in [0.1, 0.15) is 5.76 Å². The molecular weight excluding hydrogens is 492 g/mol. The molecule has 1 aliphatic heterocycles. The van der Waals surface area contributed by atoms with E-state index < -0.39 is 17.7 Å².